The van der Waals surface area contributed by atoms with Crippen molar-refractivity contribution >= 4 is 123 Å². The Morgan fingerprint density at radius 2 is 1.09 bits per heavy atom. The fourth-order valence-electron chi connectivity index (χ4n) is 13.7. The quantitative estimate of drug-likeness (QED) is 0.0244. The standard InChI is InChI=1S/C83H105ClN18O16/c1-46(2)36-69(79(114)93-60(17-10-11-34-88-47(3)4)81(116)102-35-13-18-68(102)78(113)89-48(5)71(85)106)101(7)80(115)66(40-52-24-31-59(32-25-52)92-82(86)117)97-75(110)63(39-51-22-29-58(30-23-51)91-72(107)65-43-70(105)100-83(118)99-65)96-77(112)67(45-103)98-76(111)64(42-54-14-12-33-87-44-54)95-74(109)62(38-50-20-27-57(84)28-21-50)94-73(108)61(90-49(6)104)41-53-19-26-55-15-8-9-16-56(55)37-53/h8-9,12,14-16,19-33,37,44,46-48,60-69,88,103H,10-11,13,17-18,34-36,38-43,45H2,1-7H3,(H2,85,106)(H,89,113)(H,90,104)(H,91,107)(H,93,114)(H,94,108)(H,95,109)(H,96,112)(H,97,110)(H,98,111)(H3,86,92,117)(H2,99,100,105,118)/t48-,60+,61-,62-,63+,64-,65+,66-,67+,68+,69+/m1/s1. The molecular formula is C83H105ClN18O16. The van der Waals surface area contributed by atoms with Gasteiger partial charge in [-0.25, -0.2) is 9.59 Å². The van der Waals surface area contributed by atoms with Gasteiger partial charge in [0.1, 0.15) is 66.5 Å². The van der Waals surface area contributed by atoms with E-state index in [1.807, 2.05) is 56.3 Å². The number of nitrogens with one attached hydrogen (secondary N) is 13. The molecule has 0 saturated carbocycles. The van der Waals surface area contributed by atoms with Gasteiger partial charge in [0.05, 0.1) is 13.0 Å². The molecule has 5 aromatic carbocycles. The highest BCUT2D eigenvalue weighted by Gasteiger charge is 2.42. The highest BCUT2D eigenvalue weighted by atomic mass is 35.5. The Hall–Kier alpha value is -12.4. The minimum absolute atomic E-state index is 0.00375. The molecule has 1 aromatic heterocycles. The van der Waals surface area contributed by atoms with Crippen LogP contribution in [0.1, 0.15) is 114 Å². The number of nitrogens with zero attached hydrogens (tertiary/aromatic N) is 3. The lowest BCUT2D eigenvalue weighted by molar-refractivity contribution is -0.145. The number of nitrogens with two attached hydrogens (primary N) is 2. The zero-order valence-corrected chi connectivity index (χ0v) is 67.6. The minimum atomic E-state index is -1.92. The van der Waals surface area contributed by atoms with Crippen LogP contribution in [0.4, 0.5) is 21.0 Å². The Morgan fingerprint density at radius 1 is 0.576 bits per heavy atom. The lowest BCUT2D eigenvalue weighted by atomic mass is 9.98. The molecule has 35 heteroatoms. The normalized spacial score (nSPS) is 16.1. The van der Waals surface area contributed by atoms with Crippen molar-refractivity contribution in [2.45, 2.75) is 191 Å². The molecule has 18 N–H and O–H groups in total. The van der Waals surface area contributed by atoms with Gasteiger partial charge in [0.25, 0.3) is 0 Å². The van der Waals surface area contributed by atoms with Crippen LogP contribution in [-0.2, 0) is 94.4 Å². The van der Waals surface area contributed by atoms with Gasteiger partial charge >= 0.3 is 12.1 Å². The number of carbonyl (C=O) groups is 15. The molecule has 2 aliphatic heterocycles. The molecular weight excluding hydrogens is 1540 g/mol. The number of aliphatic hydroxyl groups excluding tert-OH is 1. The number of urea groups is 2. The second-order valence-corrected chi connectivity index (χ2v) is 30.6. The number of pyridine rings is 1. The van der Waals surface area contributed by atoms with Crippen molar-refractivity contribution in [3.8, 4) is 0 Å². The van der Waals surface area contributed by atoms with E-state index in [1.165, 1.54) is 86.7 Å². The highest BCUT2D eigenvalue weighted by molar-refractivity contribution is 6.30. The number of benzene rings is 5. The number of rotatable bonds is 41. The van der Waals surface area contributed by atoms with Gasteiger partial charge in [-0.05, 0) is 139 Å². The zero-order chi connectivity index (χ0) is 85.9. The Morgan fingerprint density at radius 3 is 1.64 bits per heavy atom. The summed E-state index contributed by atoms with van der Waals surface area (Å²) < 4.78 is 0. The highest BCUT2D eigenvalue weighted by Crippen LogP contribution is 2.24. The van der Waals surface area contributed by atoms with Crippen molar-refractivity contribution in [2.24, 2.45) is 17.4 Å². The molecule has 8 rings (SSSR count). The molecule has 2 saturated heterocycles. The Balaban J connectivity index is 1.11. The van der Waals surface area contributed by atoms with Gasteiger partial charge in [-0.15, -0.1) is 0 Å². The molecule has 0 radical (unpaired) electrons. The zero-order valence-electron chi connectivity index (χ0n) is 66.8. The summed E-state index contributed by atoms with van der Waals surface area (Å²) in [5.74, 6) is -10.8. The molecule has 0 spiro atoms. The SMILES string of the molecule is CC(=O)N[C@H](Cc1ccc2ccccc2c1)C(=O)N[C@H](Cc1ccc(Cl)cc1)C(=O)N[C@H](Cc1cccnc1)C(=O)N[C@@H](CO)C(=O)N[C@@H](Cc1ccc(NC(=O)[C@@H]2CC(=O)NC(=O)N2)cc1)C(=O)N[C@H](Cc1ccc(NC(N)=O)cc1)C(=O)N(C)[C@@H](CC(C)C)C(=O)N[C@@H](CCCCNC(C)C)C(=O)N1CCC[C@H]1C(=O)N[C@H](C)C(N)=O. The first kappa shape index (κ1) is 91.1. The topological polar surface area (TPSA) is 504 Å². The maximum absolute atomic E-state index is 15.7. The molecule has 0 aliphatic carbocycles. The molecule has 0 unspecified atom stereocenters. The van der Waals surface area contributed by atoms with Crippen LogP contribution in [0, 0.1) is 5.92 Å². The first-order valence-electron chi connectivity index (χ1n) is 39.1. The maximum Gasteiger partial charge on any atom is 0.322 e. The third-order valence-electron chi connectivity index (χ3n) is 19.9. The number of anilines is 2. The van der Waals surface area contributed by atoms with E-state index >= 15 is 28.8 Å². The summed E-state index contributed by atoms with van der Waals surface area (Å²) in [7, 11) is 1.34. The average Bonchev–Trinajstić information content (AvgIpc) is 1.30. The molecule has 17 amide bonds. The smallest absolute Gasteiger partial charge is 0.322 e. The summed E-state index contributed by atoms with van der Waals surface area (Å²) in [5, 5.41) is 47.8. The molecule has 11 atom stereocenters. The Bertz CT molecular complexity index is 4560. The summed E-state index contributed by atoms with van der Waals surface area (Å²) in [4.78, 5) is 216. The van der Waals surface area contributed by atoms with Crippen LogP contribution in [0.2, 0.25) is 5.02 Å². The molecule has 630 valence electrons. The largest absolute Gasteiger partial charge is 0.394 e. The number of amides is 17. The number of aromatic nitrogens is 1. The van der Waals surface area contributed by atoms with E-state index in [0.717, 1.165) is 15.7 Å². The minimum Gasteiger partial charge on any atom is -0.394 e. The van der Waals surface area contributed by atoms with E-state index < -0.39 is 168 Å². The van der Waals surface area contributed by atoms with Crippen molar-refractivity contribution < 1.29 is 77.0 Å². The van der Waals surface area contributed by atoms with Crippen LogP contribution >= 0.6 is 11.6 Å². The van der Waals surface area contributed by atoms with E-state index in [1.54, 1.807) is 50.2 Å². The van der Waals surface area contributed by atoms with Gasteiger partial charge in [0.15, 0.2) is 0 Å². The number of imide groups is 1. The molecule has 6 aromatic rings. The summed E-state index contributed by atoms with van der Waals surface area (Å²) >= 11 is 6.27. The Kier molecular flexibility index (Phi) is 34.0. The predicted molar refractivity (Wildman–Crippen MR) is 439 cm³/mol. The molecule has 2 fully saturated rings. The van der Waals surface area contributed by atoms with Crippen LogP contribution in [0.5, 0.6) is 0 Å². The number of carbonyl (C=O) groups excluding carboxylic acids is 15. The van der Waals surface area contributed by atoms with Gasteiger partial charge in [-0.3, -0.25) is 72.6 Å². The summed E-state index contributed by atoms with van der Waals surface area (Å²) in [5.41, 5.74) is 13.6. The predicted octanol–water partition coefficient (Wildman–Crippen LogP) is 1.86. The van der Waals surface area contributed by atoms with Gasteiger partial charge in [0, 0.05) is 87.5 Å². The lowest BCUT2D eigenvalue weighted by Crippen LogP contribution is -2.62. The van der Waals surface area contributed by atoms with Gasteiger partial charge in [-0.1, -0.05) is 124 Å². The molecule has 34 nitrogen and oxygen atoms in total. The monoisotopic (exact) mass is 1640 g/mol. The number of fused-ring (bicyclic) bond motifs is 1. The third-order valence-corrected chi connectivity index (χ3v) is 20.2. The van der Waals surface area contributed by atoms with Gasteiger partial charge in [-0.2, -0.15) is 0 Å². The van der Waals surface area contributed by atoms with E-state index in [-0.39, 0.29) is 86.8 Å². The maximum atomic E-state index is 15.7. The Labute approximate surface area is 688 Å². The first-order valence-corrected chi connectivity index (χ1v) is 39.5. The first-order chi connectivity index (χ1) is 56.2. The molecule has 0 bridgehead atoms. The number of likely N-dealkylation sites (tertiary alicyclic amines) is 1. The lowest BCUT2D eigenvalue weighted by Gasteiger charge is -2.34. The van der Waals surface area contributed by atoms with Crippen molar-refractivity contribution in [3.05, 3.63) is 173 Å². The number of aliphatic hydroxyl groups is 1. The number of primary amides is 2. The van der Waals surface area contributed by atoms with Gasteiger partial charge < -0.3 is 90.2 Å². The number of unbranched alkanes of at least 4 members (excludes halogenated alkanes) is 1. The third kappa shape index (κ3) is 27.9. The van der Waals surface area contributed by atoms with Crippen molar-refractivity contribution in [2.75, 3.05) is 37.4 Å². The number of halogens is 1. The second kappa shape index (κ2) is 44.1. The van der Waals surface area contributed by atoms with E-state index in [9.17, 15) is 48.3 Å². The molecule has 3 heterocycles. The van der Waals surface area contributed by atoms with Crippen LogP contribution < -0.4 is 80.6 Å². The molecule has 2 aliphatic rings. The van der Waals surface area contributed by atoms with Crippen molar-refractivity contribution in [1.29, 1.82) is 0 Å². The van der Waals surface area contributed by atoms with Crippen LogP contribution in [0.25, 0.3) is 10.8 Å². The van der Waals surface area contributed by atoms with E-state index in [4.69, 9.17) is 23.1 Å². The van der Waals surface area contributed by atoms with Crippen molar-refractivity contribution in [1.82, 2.24) is 73.3 Å². The number of hydrogen-bond acceptors (Lipinski definition) is 18. The summed E-state index contributed by atoms with van der Waals surface area (Å²) in [6.45, 7) is 9.80. The fourth-order valence-corrected chi connectivity index (χ4v) is 13.8. The average molecular weight is 1650 g/mol. The van der Waals surface area contributed by atoms with Crippen molar-refractivity contribution in [3.63, 3.8) is 0 Å². The summed E-state index contributed by atoms with van der Waals surface area (Å²) in [6, 6.07) is 17.5. The van der Waals surface area contributed by atoms with E-state index in [2.05, 4.69) is 74.1 Å². The van der Waals surface area contributed by atoms with Crippen LogP contribution in [0.15, 0.2) is 140 Å². The van der Waals surface area contributed by atoms with E-state index in [0.29, 0.717) is 53.1 Å². The number of hydrogen-bond donors (Lipinski definition) is 16. The second-order valence-electron chi connectivity index (χ2n) is 30.2. The van der Waals surface area contributed by atoms with Gasteiger partial charge in [0.2, 0.25) is 76.8 Å². The van der Waals surface area contributed by atoms with Crippen LogP contribution in [0.3, 0.4) is 0 Å². The fraction of sp³-hybridized carbons (Fsp3) is 0.422. The summed E-state index contributed by atoms with van der Waals surface area (Å²) in [6.07, 6.45) is 3.09. The molecule has 118 heavy (non-hydrogen) atoms. The van der Waals surface area contributed by atoms with Crippen LogP contribution in [-0.4, -0.2) is 208 Å². The number of likely N-dealkylation sites (N-methyl/N-ethyl adjacent to an activating group) is 1.